The third-order valence-electron chi connectivity index (χ3n) is 4.10. The third kappa shape index (κ3) is 2.08. The lowest BCUT2D eigenvalue weighted by Crippen LogP contribution is -2.09. The molecule has 4 rings (SSSR count). The van der Waals surface area contributed by atoms with E-state index >= 15 is 0 Å². The van der Waals surface area contributed by atoms with Gasteiger partial charge >= 0.3 is 0 Å². The number of thiazole rings is 1. The molecule has 0 saturated carbocycles. The second-order valence-electron chi connectivity index (χ2n) is 5.46. The highest BCUT2D eigenvalue weighted by Crippen LogP contribution is 2.34. The van der Waals surface area contributed by atoms with Crippen LogP contribution < -0.4 is 5.73 Å². The minimum absolute atomic E-state index is 0.637. The van der Waals surface area contributed by atoms with Crippen molar-refractivity contribution in [3.05, 3.63) is 40.7 Å². The van der Waals surface area contributed by atoms with Gasteiger partial charge in [-0.1, -0.05) is 6.07 Å². The normalized spacial score (nSPS) is 14.5. The van der Waals surface area contributed by atoms with Crippen molar-refractivity contribution in [1.29, 1.82) is 0 Å². The van der Waals surface area contributed by atoms with E-state index in [0.717, 1.165) is 29.2 Å². The van der Waals surface area contributed by atoms with Crippen LogP contribution in [0.15, 0.2) is 24.4 Å². The van der Waals surface area contributed by atoms with Crippen LogP contribution in [0.4, 0.5) is 0 Å². The van der Waals surface area contributed by atoms with E-state index in [1.165, 1.54) is 35.5 Å². The Morgan fingerprint density at radius 3 is 2.95 bits per heavy atom. The van der Waals surface area contributed by atoms with Crippen LogP contribution in [0.1, 0.15) is 29.1 Å². The van der Waals surface area contributed by atoms with E-state index in [1.54, 1.807) is 0 Å². The van der Waals surface area contributed by atoms with Crippen LogP contribution >= 0.6 is 11.3 Å². The zero-order valence-corrected chi connectivity index (χ0v) is 12.7. The Kier molecular flexibility index (Phi) is 3.24. The van der Waals surface area contributed by atoms with Crippen LogP contribution in [-0.4, -0.2) is 20.9 Å². The van der Waals surface area contributed by atoms with Crippen molar-refractivity contribution >= 4 is 16.3 Å². The first-order chi connectivity index (χ1) is 10.4. The highest BCUT2D eigenvalue weighted by molar-refractivity contribution is 7.17. The van der Waals surface area contributed by atoms with Gasteiger partial charge in [0.15, 0.2) is 4.96 Å². The lowest BCUT2D eigenvalue weighted by atomic mass is 10.0. The minimum atomic E-state index is 0.637. The van der Waals surface area contributed by atoms with Gasteiger partial charge in [0.25, 0.3) is 0 Å². The molecule has 0 amide bonds. The number of hydrogen-bond donors (Lipinski definition) is 1. The summed E-state index contributed by atoms with van der Waals surface area (Å²) >= 11 is 1.84. The molecule has 0 aromatic carbocycles. The molecule has 3 aromatic rings. The van der Waals surface area contributed by atoms with Crippen molar-refractivity contribution in [3.63, 3.8) is 0 Å². The predicted octanol–water partition coefficient (Wildman–Crippen LogP) is 2.84. The van der Waals surface area contributed by atoms with Gasteiger partial charge in [0.2, 0.25) is 0 Å². The monoisotopic (exact) mass is 298 g/mol. The Labute approximate surface area is 127 Å². The fourth-order valence-corrected chi connectivity index (χ4v) is 4.40. The Balaban J connectivity index is 1.96. The molecule has 1 aliphatic rings. The maximum Gasteiger partial charge on any atom is 0.195 e. The first-order valence-corrected chi connectivity index (χ1v) is 8.33. The molecule has 2 N–H and O–H groups in total. The van der Waals surface area contributed by atoms with Gasteiger partial charge in [-0.25, -0.2) is 4.98 Å². The Hall–Kier alpha value is -1.72. The van der Waals surface area contributed by atoms with Gasteiger partial charge < -0.3 is 5.73 Å². The fourth-order valence-electron chi connectivity index (χ4n) is 3.17. The van der Waals surface area contributed by atoms with Gasteiger partial charge in [0.1, 0.15) is 5.69 Å². The maximum absolute atomic E-state index is 5.84. The Morgan fingerprint density at radius 1 is 1.24 bits per heavy atom. The molecule has 0 saturated heterocycles. The molecule has 0 atom stereocenters. The number of aryl methyl sites for hydroxylation is 2. The SMILES string of the molecule is NCCc1c(-c2ccccn2)nc2sc3c(n12)CCCC3. The smallest absolute Gasteiger partial charge is 0.195 e. The van der Waals surface area contributed by atoms with E-state index in [9.17, 15) is 0 Å². The molecule has 0 unspecified atom stereocenters. The molecule has 3 aromatic heterocycles. The number of pyridine rings is 1. The molecule has 1 aliphatic carbocycles. The van der Waals surface area contributed by atoms with E-state index < -0.39 is 0 Å². The number of nitrogens with two attached hydrogens (primary N) is 1. The van der Waals surface area contributed by atoms with Crippen molar-refractivity contribution in [2.45, 2.75) is 32.1 Å². The molecule has 0 radical (unpaired) electrons. The van der Waals surface area contributed by atoms with Crippen molar-refractivity contribution in [2.75, 3.05) is 6.54 Å². The van der Waals surface area contributed by atoms with Gasteiger partial charge in [-0.05, 0) is 44.4 Å². The summed E-state index contributed by atoms with van der Waals surface area (Å²) in [6.45, 7) is 0.637. The maximum atomic E-state index is 5.84. The Morgan fingerprint density at radius 2 is 2.14 bits per heavy atom. The summed E-state index contributed by atoms with van der Waals surface area (Å²) in [5.41, 5.74) is 10.5. The number of fused-ring (bicyclic) bond motifs is 3. The van der Waals surface area contributed by atoms with E-state index in [-0.39, 0.29) is 0 Å². The van der Waals surface area contributed by atoms with Crippen LogP contribution in [0.2, 0.25) is 0 Å². The van der Waals surface area contributed by atoms with Gasteiger partial charge in [-0.15, -0.1) is 11.3 Å². The van der Waals surface area contributed by atoms with Crippen LogP contribution in [0.25, 0.3) is 16.3 Å². The standard InChI is InChI=1S/C16H18N4S/c17-9-8-13-15(11-5-3-4-10-18-11)19-16-20(13)12-6-1-2-7-14(12)21-16/h3-5,10H,1-2,6-9,17H2. The van der Waals surface area contributed by atoms with Crippen molar-refractivity contribution in [2.24, 2.45) is 5.73 Å². The number of imidazole rings is 1. The number of aromatic nitrogens is 3. The number of rotatable bonds is 3. The third-order valence-corrected chi connectivity index (χ3v) is 5.25. The van der Waals surface area contributed by atoms with Gasteiger partial charge in [0, 0.05) is 23.2 Å². The van der Waals surface area contributed by atoms with Crippen LogP contribution in [-0.2, 0) is 19.3 Å². The lowest BCUT2D eigenvalue weighted by molar-refractivity contribution is 0.669. The van der Waals surface area contributed by atoms with E-state index in [4.69, 9.17) is 10.7 Å². The molecule has 4 nitrogen and oxygen atoms in total. The van der Waals surface area contributed by atoms with E-state index in [1.807, 2.05) is 35.7 Å². The predicted molar refractivity (Wildman–Crippen MR) is 85.7 cm³/mol. The number of nitrogens with zero attached hydrogens (tertiary/aromatic N) is 3. The summed E-state index contributed by atoms with van der Waals surface area (Å²) in [6, 6.07) is 5.97. The lowest BCUT2D eigenvalue weighted by Gasteiger charge is -2.12. The molecule has 0 fully saturated rings. The summed E-state index contributed by atoms with van der Waals surface area (Å²) in [5.74, 6) is 0. The molecule has 5 heteroatoms. The average molecular weight is 298 g/mol. The molecule has 0 spiro atoms. The zero-order chi connectivity index (χ0) is 14.2. The van der Waals surface area contributed by atoms with Gasteiger partial charge in [0.05, 0.1) is 11.4 Å². The van der Waals surface area contributed by atoms with Crippen molar-refractivity contribution in [3.8, 4) is 11.4 Å². The topological polar surface area (TPSA) is 56.2 Å². The molecule has 0 bridgehead atoms. The molecule has 3 heterocycles. The molecule has 21 heavy (non-hydrogen) atoms. The first kappa shape index (κ1) is 13.0. The largest absolute Gasteiger partial charge is 0.330 e. The second-order valence-corrected chi connectivity index (χ2v) is 6.52. The first-order valence-electron chi connectivity index (χ1n) is 7.52. The Bertz CT molecular complexity index is 773. The van der Waals surface area contributed by atoms with E-state index in [2.05, 4.69) is 9.38 Å². The van der Waals surface area contributed by atoms with Crippen LogP contribution in [0.5, 0.6) is 0 Å². The second kappa shape index (κ2) is 5.24. The molecule has 108 valence electrons. The average Bonchev–Trinajstić information content (AvgIpc) is 3.05. The summed E-state index contributed by atoms with van der Waals surface area (Å²) in [4.78, 5) is 11.9. The minimum Gasteiger partial charge on any atom is -0.330 e. The number of hydrogen-bond acceptors (Lipinski definition) is 4. The highest BCUT2D eigenvalue weighted by Gasteiger charge is 2.23. The summed E-state index contributed by atoms with van der Waals surface area (Å²) < 4.78 is 2.36. The molecular weight excluding hydrogens is 280 g/mol. The summed E-state index contributed by atoms with van der Waals surface area (Å²) in [5, 5.41) is 0. The summed E-state index contributed by atoms with van der Waals surface area (Å²) in [7, 11) is 0. The van der Waals surface area contributed by atoms with Crippen LogP contribution in [0.3, 0.4) is 0 Å². The van der Waals surface area contributed by atoms with E-state index in [0.29, 0.717) is 6.54 Å². The molecular formula is C16H18N4S. The summed E-state index contributed by atoms with van der Waals surface area (Å²) in [6.07, 6.45) is 7.60. The van der Waals surface area contributed by atoms with Crippen molar-refractivity contribution in [1.82, 2.24) is 14.4 Å². The fraction of sp³-hybridized carbons (Fsp3) is 0.375. The van der Waals surface area contributed by atoms with Crippen molar-refractivity contribution < 1.29 is 0 Å². The van der Waals surface area contributed by atoms with Gasteiger partial charge in [-0.2, -0.15) is 0 Å². The molecule has 0 aliphatic heterocycles. The highest BCUT2D eigenvalue weighted by atomic mass is 32.1. The quantitative estimate of drug-likeness (QED) is 0.809. The zero-order valence-electron chi connectivity index (χ0n) is 11.9. The van der Waals surface area contributed by atoms with Gasteiger partial charge in [-0.3, -0.25) is 9.38 Å². The van der Waals surface area contributed by atoms with Crippen LogP contribution in [0, 0.1) is 0 Å².